The largest absolute Gasteiger partial charge is 0.348 e. The second-order valence-electron chi connectivity index (χ2n) is 7.18. The fraction of sp³-hybridized carbons (Fsp3) is 0.750. The van der Waals surface area contributed by atoms with Crippen molar-refractivity contribution in [2.75, 3.05) is 11.5 Å². The molecule has 0 amide bonds. The Bertz CT molecular complexity index is 469. The molecule has 1 aliphatic heterocycles. The van der Waals surface area contributed by atoms with Gasteiger partial charge in [0.1, 0.15) is 0 Å². The number of hydrogen-bond donors (Lipinski definition) is 1. The molecular weight excluding hydrogens is 252 g/mol. The van der Waals surface area contributed by atoms with Crippen LogP contribution in [0.2, 0.25) is 0 Å². The Hall–Kier alpha value is -0.410. The van der Waals surface area contributed by atoms with Crippen molar-refractivity contribution < 1.29 is 0 Å². The van der Waals surface area contributed by atoms with Crippen molar-refractivity contribution in [3.05, 3.63) is 23.0 Å². The minimum Gasteiger partial charge on any atom is -0.348 e. The van der Waals surface area contributed by atoms with Gasteiger partial charge in [-0.3, -0.25) is 0 Å². The molecular formula is C16H26N2S. The van der Waals surface area contributed by atoms with Crippen molar-refractivity contribution in [3.63, 3.8) is 0 Å². The molecule has 0 aromatic carbocycles. The Morgan fingerprint density at radius 3 is 2.95 bits per heavy atom. The van der Waals surface area contributed by atoms with E-state index in [9.17, 15) is 0 Å². The van der Waals surface area contributed by atoms with Crippen LogP contribution in [0.1, 0.15) is 49.7 Å². The van der Waals surface area contributed by atoms with E-state index in [-0.39, 0.29) is 6.04 Å². The van der Waals surface area contributed by atoms with Crippen LogP contribution in [-0.4, -0.2) is 16.1 Å². The van der Waals surface area contributed by atoms with Crippen molar-refractivity contribution in [1.29, 1.82) is 0 Å². The lowest BCUT2D eigenvalue weighted by Gasteiger charge is -2.35. The molecule has 2 unspecified atom stereocenters. The van der Waals surface area contributed by atoms with Crippen molar-refractivity contribution in [1.82, 2.24) is 4.57 Å². The molecule has 1 saturated heterocycles. The average Bonchev–Trinajstić information content (AvgIpc) is 2.90. The van der Waals surface area contributed by atoms with Gasteiger partial charge in [-0.25, -0.2) is 0 Å². The number of rotatable bonds is 2. The van der Waals surface area contributed by atoms with Crippen LogP contribution in [0.5, 0.6) is 0 Å². The molecule has 1 aromatic rings. The summed E-state index contributed by atoms with van der Waals surface area (Å²) < 4.78 is 2.58. The highest BCUT2D eigenvalue weighted by Gasteiger charge is 2.33. The summed E-state index contributed by atoms with van der Waals surface area (Å²) in [6, 6.07) is 2.58. The first-order valence-electron chi connectivity index (χ1n) is 7.48. The van der Waals surface area contributed by atoms with E-state index in [0.717, 1.165) is 12.3 Å². The first-order valence-corrected chi connectivity index (χ1v) is 8.64. The van der Waals surface area contributed by atoms with Crippen LogP contribution in [0.25, 0.3) is 0 Å². The van der Waals surface area contributed by atoms with Gasteiger partial charge >= 0.3 is 0 Å². The molecule has 2 heterocycles. The summed E-state index contributed by atoms with van der Waals surface area (Å²) in [7, 11) is 0. The third kappa shape index (κ3) is 2.59. The van der Waals surface area contributed by atoms with Crippen LogP contribution < -0.4 is 5.73 Å². The molecule has 3 heteroatoms. The molecule has 1 aromatic heterocycles. The number of nitrogens with two attached hydrogens (primary N) is 1. The Labute approximate surface area is 121 Å². The summed E-state index contributed by atoms with van der Waals surface area (Å²) in [5.74, 6) is 3.54. The number of nitrogens with zero attached hydrogens (tertiary/aromatic N) is 1. The summed E-state index contributed by atoms with van der Waals surface area (Å²) >= 11 is 2.11. The molecule has 1 aliphatic carbocycles. The lowest BCUT2D eigenvalue weighted by Crippen LogP contribution is -2.31. The average molecular weight is 278 g/mol. The summed E-state index contributed by atoms with van der Waals surface area (Å²) in [6.07, 6.45) is 3.68. The number of hydrogen-bond acceptors (Lipinski definition) is 2. The maximum Gasteiger partial charge on any atom is 0.0318 e. The van der Waals surface area contributed by atoms with E-state index in [1.54, 1.807) is 0 Å². The van der Waals surface area contributed by atoms with Gasteiger partial charge in [0.05, 0.1) is 0 Å². The summed E-state index contributed by atoms with van der Waals surface area (Å²) in [6.45, 7) is 8.17. The first kappa shape index (κ1) is 13.6. The van der Waals surface area contributed by atoms with E-state index in [1.165, 1.54) is 47.8 Å². The fourth-order valence-corrected chi connectivity index (χ4v) is 5.02. The summed E-state index contributed by atoms with van der Waals surface area (Å²) in [5, 5.41) is 0. The molecule has 19 heavy (non-hydrogen) atoms. The zero-order chi connectivity index (χ0) is 13.6. The van der Waals surface area contributed by atoms with Gasteiger partial charge in [-0.1, -0.05) is 13.8 Å². The fourth-order valence-electron chi connectivity index (χ4n) is 3.74. The van der Waals surface area contributed by atoms with Gasteiger partial charge in [0.25, 0.3) is 0 Å². The predicted molar refractivity (Wildman–Crippen MR) is 83.6 cm³/mol. The molecule has 2 nitrogen and oxygen atoms in total. The van der Waals surface area contributed by atoms with E-state index in [1.807, 2.05) is 0 Å². The van der Waals surface area contributed by atoms with Crippen molar-refractivity contribution >= 4 is 11.8 Å². The maximum absolute atomic E-state index is 6.39. The quantitative estimate of drug-likeness (QED) is 0.897. The Morgan fingerprint density at radius 2 is 2.26 bits per heavy atom. The minimum absolute atomic E-state index is 0.233. The van der Waals surface area contributed by atoms with Gasteiger partial charge in [-0.2, -0.15) is 11.8 Å². The highest BCUT2D eigenvalue weighted by atomic mass is 32.2. The van der Waals surface area contributed by atoms with E-state index in [4.69, 9.17) is 5.73 Å². The zero-order valence-corrected chi connectivity index (χ0v) is 13.2. The van der Waals surface area contributed by atoms with E-state index < -0.39 is 0 Å². The van der Waals surface area contributed by atoms with Crippen LogP contribution in [-0.2, 0) is 13.0 Å². The van der Waals surface area contributed by atoms with Crippen LogP contribution >= 0.6 is 11.8 Å². The molecule has 1 fully saturated rings. The minimum atomic E-state index is 0.233. The van der Waals surface area contributed by atoms with Crippen LogP contribution in [0, 0.1) is 18.3 Å². The highest BCUT2D eigenvalue weighted by Crippen LogP contribution is 2.41. The monoisotopic (exact) mass is 278 g/mol. The maximum atomic E-state index is 6.39. The van der Waals surface area contributed by atoms with Crippen molar-refractivity contribution in [2.24, 2.45) is 17.1 Å². The lowest BCUT2D eigenvalue weighted by atomic mass is 9.74. The van der Waals surface area contributed by atoms with E-state index in [0.29, 0.717) is 5.41 Å². The van der Waals surface area contributed by atoms with Crippen LogP contribution in [0.3, 0.4) is 0 Å². The smallest absolute Gasteiger partial charge is 0.0318 e. The normalized spacial score (nSPS) is 29.5. The standard InChI is InChI=1S/C16H26N2S/c1-11-6-13-14(17)7-16(2,3)8-15(13)18(11)9-12-4-5-19-10-12/h6,12,14H,4-5,7-10,17H2,1-3H3. The molecule has 0 bridgehead atoms. The number of aryl methyl sites for hydroxylation is 1. The SMILES string of the molecule is Cc1cc2c(n1CC1CCSC1)CC(C)(C)CC2N. The van der Waals surface area contributed by atoms with E-state index >= 15 is 0 Å². The van der Waals surface area contributed by atoms with Gasteiger partial charge in [0.2, 0.25) is 0 Å². The predicted octanol–water partition coefficient (Wildman–Crippen LogP) is 3.52. The molecule has 2 aliphatic rings. The highest BCUT2D eigenvalue weighted by molar-refractivity contribution is 7.99. The third-order valence-electron chi connectivity index (χ3n) is 4.73. The third-order valence-corrected chi connectivity index (χ3v) is 5.96. The summed E-state index contributed by atoms with van der Waals surface area (Å²) in [5.41, 5.74) is 11.1. The van der Waals surface area contributed by atoms with Gasteiger partial charge in [0.15, 0.2) is 0 Å². The Balaban J connectivity index is 1.92. The van der Waals surface area contributed by atoms with Crippen molar-refractivity contribution in [2.45, 2.75) is 52.6 Å². The first-order chi connectivity index (χ1) is 8.96. The number of thioether (sulfide) groups is 1. The number of fused-ring (bicyclic) bond motifs is 1. The molecule has 0 radical (unpaired) electrons. The molecule has 0 saturated carbocycles. The van der Waals surface area contributed by atoms with Gasteiger partial charge in [0, 0.05) is 24.0 Å². The Kier molecular flexibility index (Phi) is 3.46. The molecule has 3 rings (SSSR count). The van der Waals surface area contributed by atoms with Gasteiger partial charge in [-0.15, -0.1) is 0 Å². The molecule has 0 spiro atoms. The van der Waals surface area contributed by atoms with Gasteiger partial charge in [-0.05, 0) is 60.7 Å². The van der Waals surface area contributed by atoms with Crippen LogP contribution in [0.15, 0.2) is 6.07 Å². The van der Waals surface area contributed by atoms with Crippen LogP contribution in [0.4, 0.5) is 0 Å². The zero-order valence-electron chi connectivity index (χ0n) is 12.4. The topological polar surface area (TPSA) is 30.9 Å². The lowest BCUT2D eigenvalue weighted by molar-refractivity contribution is 0.272. The molecule has 2 atom stereocenters. The second kappa shape index (κ2) is 4.85. The molecule has 2 N–H and O–H groups in total. The Morgan fingerprint density at radius 1 is 1.47 bits per heavy atom. The van der Waals surface area contributed by atoms with Gasteiger partial charge < -0.3 is 10.3 Å². The number of aromatic nitrogens is 1. The van der Waals surface area contributed by atoms with E-state index in [2.05, 4.69) is 43.2 Å². The second-order valence-corrected chi connectivity index (χ2v) is 8.33. The van der Waals surface area contributed by atoms with Crippen molar-refractivity contribution in [3.8, 4) is 0 Å². The summed E-state index contributed by atoms with van der Waals surface area (Å²) in [4.78, 5) is 0. The molecule has 106 valence electrons.